The van der Waals surface area contributed by atoms with E-state index in [0.29, 0.717) is 18.4 Å². The number of aryl methyl sites for hydroxylation is 2. The second kappa shape index (κ2) is 10.3. The van der Waals surface area contributed by atoms with Gasteiger partial charge in [0, 0.05) is 36.8 Å². The molecule has 1 saturated heterocycles. The number of halogens is 2. The van der Waals surface area contributed by atoms with Gasteiger partial charge >= 0.3 is 0 Å². The number of aromatic nitrogens is 1. The van der Waals surface area contributed by atoms with E-state index >= 15 is 0 Å². The summed E-state index contributed by atoms with van der Waals surface area (Å²) >= 11 is 3.55. The van der Waals surface area contributed by atoms with Crippen molar-refractivity contribution in [1.29, 1.82) is 0 Å². The van der Waals surface area contributed by atoms with E-state index in [4.69, 9.17) is 4.42 Å². The molecule has 1 unspecified atom stereocenters. The number of hydrogen-bond acceptors (Lipinski definition) is 4. The minimum atomic E-state index is 0. The highest BCUT2D eigenvalue weighted by molar-refractivity contribution is 14.0. The van der Waals surface area contributed by atoms with Crippen LogP contribution in [0.5, 0.6) is 0 Å². The molecule has 2 aromatic rings. The highest BCUT2D eigenvalue weighted by atomic mass is 127. The fraction of sp³-hybridized carbons (Fsp3) is 0.474. The number of aliphatic imine (C=N–C) groups is 1. The normalized spacial score (nSPS) is 17.0. The van der Waals surface area contributed by atoms with E-state index in [1.165, 1.54) is 12.1 Å². The third-order valence-electron chi connectivity index (χ3n) is 4.72. The van der Waals surface area contributed by atoms with E-state index in [1.54, 1.807) is 7.05 Å². The molecule has 0 spiro atoms. The van der Waals surface area contributed by atoms with Crippen molar-refractivity contribution in [1.82, 2.24) is 15.6 Å². The van der Waals surface area contributed by atoms with Gasteiger partial charge in [0.25, 0.3) is 0 Å². The van der Waals surface area contributed by atoms with Crippen LogP contribution in [0.2, 0.25) is 0 Å². The lowest BCUT2D eigenvalue weighted by atomic mass is 10.1. The Morgan fingerprint density at radius 1 is 1.37 bits per heavy atom. The number of hydrogen-bond donors (Lipinski definition) is 2. The minimum absolute atomic E-state index is 0. The van der Waals surface area contributed by atoms with Gasteiger partial charge in [0.15, 0.2) is 5.96 Å². The van der Waals surface area contributed by atoms with Gasteiger partial charge in [-0.25, -0.2) is 4.98 Å². The number of benzene rings is 1. The molecule has 1 aromatic carbocycles. The lowest BCUT2D eigenvalue weighted by Crippen LogP contribution is -2.40. The molecule has 1 fully saturated rings. The van der Waals surface area contributed by atoms with Crippen molar-refractivity contribution >= 4 is 51.6 Å². The molecule has 1 aliphatic heterocycles. The SMILES string of the molecule is CN=C(NCc1nc(C)c(C)o1)NCC1CCN(c2cccc(Br)c2)C1.I. The minimum Gasteiger partial charge on any atom is -0.444 e. The van der Waals surface area contributed by atoms with E-state index in [0.717, 1.165) is 41.5 Å². The number of nitrogens with one attached hydrogen (secondary N) is 2. The lowest BCUT2D eigenvalue weighted by molar-refractivity contribution is 0.463. The van der Waals surface area contributed by atoms with Crippen molar-refractivity contribution in [3.63, 3.8) is 0 Å². The van der Waals surface area contributed by atoms with Crippen LogP contribution in [0.4, 0.5) is 5.69 Å². The first-order valence-electron chi connectivity index (χ1n) is 8.93. The Kier molecular flexibility index (Phi) is 8.40. The summed E-state index contributed by atoms with van der Waals surface area (Å²) in [6.07, 6.45) is 1.18. The Hall–Kier alpha value is -1.29. The number of nitrogens with zero attached hydrogens (tertiary/aromatic N) is 3. The molecule has 2 N–H and O–H groups in total. The first kappa shape index (κ1) is 22.0. The van der Waals surface area contributed by atoms with Gasteiger partial charge in [-0.3, -0.25) is 4.99 Å². The maximum atomic E-state index is 5.59. The quantitative estimate of drug-likeness (QED) is 0.338. The summed E-state index contributed by atoms with van der Waals surface area (Å²) < 4.78 is 6.72. The maximum absolute atomic E-state index is 5.59. The van der Waals surface area contributed by atoms with Crippen LogP contribution >= 0.6 is 39.9 Å². The van der Waals surface area contributed by atoms with Gasteiger partial charge in [-0.15, -0.1) is 24.0 Å². The number of oxazole rings is 1. The Balaban J connectivity index is 0.00000261. The zero-order valence-corrected chi connectivity index (χ0v) is 19.9. The van der Waals surface area contributed by atoms with Crippen molar-refractivity contribution in [2.24, 2.45) is 10.9 Å². The molecule has 1 aliphatic rings. The lowest BCUT2D eigenvalue weighted by Gasteiger charge is -2.19. The third-order valence-corrected chi connectivity index (χ3v) is 5.21. The average molecular weight is 548 g/mol. The molecule has 6 nitrogen and oxygen atoms in total. The third kappa shape index (κ3) is 6.10. The predicted molar refractivity (Wildman–Crippen MR) is 124 cm³/mol. The molecule has 0 radical (unpaired) electrons. The van der Waals surface area contributed by atoms with Gasteiger partial charge in [-0.2, -0.15) is 0 Å². The molecule has 1 aromatic heterocycles. The fourth-order valence-electron chi connectivity index (χ4n) is 3.14. The molecule has 1 atom stereocenters. The molecule has 148 valence electrons. The fourth-order valence-corrected chi connectivity index (χ4v) is 3.53. The monoisotopic (exact) mass is 547 g/mol. The number of rotatable bonds is 5. The maximum Gasteiger partial charge on any atom is 0.214 e. The van der Waals surface area contributed by atoms with Crippen LogP contribution in [0.1, 0.15) is 23.8 Å². The van der Waals surface area contributed by atoms with Crippen LogP contribution in [0, 0.1) is 19.8 Å². The molecule has 0 bridgehead atoms. The number of guanidine groups is 1. The highest BCUT2D eigenvalue weighted by Crippen LogP contribution is 2.25. The molecule has 8 heteroatoms. The van der Waals surface area contributed by atoms with Gasteiger partial charge in [0.05, 0.1) is 12.2 Å². The van der Waals surface area contributed by atoms with E-state index in [2.05, 4.69) is 65.7 Å². The van der Waals surface area contributed by atoms with E-state index < -0.39 is 0 Å². The van der Waals surface area contributed by atoms with Crippen LogP contribution in [-0.4, -0.2) is 37.6 Å². The van der Waals surface area contributed by atoms with Crippen LogP contribution < -0.4 is 15.5 Å². The van der Waals surface area contributed by atoms with Crippen molar-refractivity contribution in [3.05, 3.63) is 46.1 Å². The summed E-state index contributed by atoms with van der Waals surface area (Å²) in [6.45, 7) is 7.45. The van der Waals surface area contributed by atoms with Crippen molar-refractivity contribution in [2.45, 2.75) is 26.8 Å². The Morgan fingerprint density at radius 2 is 2.19 bits per heavy atom. The van der Waals surface area contributed by atoms with Gasteiger partial charge in [-0.1, -0.05) is 22.0 Å². The predicted octanol–water partition coefficient (Wildman–Crippen LogP) is 3.86. The van der Waals surface area contributed by atoms with Crippen LogP contribution in [-0.2, 0) is 6.54 Å². The first-order chi connectivity index (χ1) is 12.5. The van der Waals surface area contributed by atoms with Gasteiger partial charge in [0.1, 0.15) is 5.76 Å². The Labute approximate surface area is 186 Å². The zero-order chi connectivity index (χ0) is 18.5. The van der Waals surface area contributed by atoms with Crippen molar-refractivity contribution < 1.29 is 4.42 Å². The molecule has 27 heavy (non-hydrogen) atoms. The van der Waals surface area contributed by atoms with Crippen molar-refractivity contribution in [3.8, 4) is 0 Å². The summed E-state index contributed by atoms with van der Waals surface area (Å²) in [5, 5.41) is 6.68. The van der Waals surface area contributed by atoms with Crippen LogP contribution in [0.3, 0.4) is 0 Å². The molecule has 0 aliphatic carbocycles. The standard InChI is InChI=1S/C19H26BrN5O.HI/c1-13-14(2)26-18(24-13)11-23-19(21-3)22-10-15-7-8-25(12-15)17-6-4-5-16(20)9-17;/h4-6,9,15H,7-8,10-12H2,1-3H3,(H2,21,22,23);1H. The Bertz CT molecular complexity index is 760. The molecule has 0 amide bonds. The van der Waals surface area contributed by atoms with Crippen LogP contribution in [0.15, 0.2) is 38.1 Å². The highest BCUT2D eigenvalue weighted by Gasteiger charge is 2.23. The Morgan fingerprint density at radius 3 is 2.85 bits per heavy atom. The van der Waals surface area contributed by atoms with Crippen LogP contribution in [0.25, 0.3) is 0 Å². The summed E-state index contributed by atoms with van der Waals surface area (Å²) in [4.78, 5) is 11.1. The smallest absolute Gasteiger partial charge is 0.214 e. The second-order valence-electron chi connectivity index (χ2n) is 6.64. The van der Waals surface area contributed by atoms with E-state index in [1.807, 2.05) is 13.8 Å². The largest absolute Gasteiger partial charge is 0.444 e. The van der Waals surface area contributed by atoms with Gasteiger partial charge in [-0.05, 0) is 44.4 Å². The molecular weight excluding hydrogens is 521 g/mol. The first-order valence-corrected chi connectivity index (χ1v) is 9.72. The van der Waals surface area contributed by atoms with E-state index in [9.17, 15) is 0 Å². The molecular formula is C19H27BrIN5O. The average Bonchev–Trinajstić information content (AvgIpc) is 3.22. The second-order valence-corrected chi connectivity index (χ2v) is 7.55. The zero-order valence-electron chi connectivity index (χ0n) is 16.0. The summed E-state index contributed by atoms with van der Waals surface area (Å²) in [6, 6.07) is 8.49. The van der Waals surface area contributed by atoms with Gasteiger partial charge < -0.3 is 20.0 Å². The number of anilines is 1. The summed E-state index contributed by atoms with van der Waals surface area (Å²) in [7, 11) is 1.78. The van der Waals surface area contributed by atoms with Gasteiger partial charge in [0.2, 0.25) is 5.89 Å². The molecule has 2 heterocycles. The molecule has 3 rings (SSSR count). The van der Waals surface area contributed by atoms with E-state index in [-0.39, 0.29) is 24.0 Å². The molecule has 0 saturated carbocycles. The summed E-state index contributed by atoms with van der Waals surface area (Å²) in [5.41, 5.74) is 2.21. The summed E-state index contributed by atoms with van der Waals surface area (Å²) in [5.74, 6) is 2.92. The topological polar surface area (TPSA) is 65.7 Å². The van der Waals surface area contributed by atoms with Crippen molar-refractivity contribution in [2.75, 3.05) is 31.6 Å².